The number of thioether (sulfide) groups is 1. The first kappa shape index (κ1) is 12.6. The zero-order chi connectivity index (χ0) is 12.1. The maximum atomic E-state index is 11.2. The van der Waals surface area contributed by atoms with Gasteiger partial charge in [0, 0.05) is 18.9 Å². The lowest BCUT2D eigenvalue weighted by atomic mass is 10.5. The molecular formula is C9H13N3O3S. The van der Waals surface area contributed by atoms with Crippen LogP contribution in [0.1, 0.15) is 5.69 Å². The van der Waals surface area contributed by atoms with Crippen molar-refractivity contribution in [1.82, 2.24) is 14.9 Å². The van der Waals surface area contributed by atoms with Crippen LogP contribution in [0.5, 0.6) is 0 Å². The Kier molecular flexibility index (Phi) is 4.36. The summed E-state index contributed by atoms with van der Waals surface area (Å²) >= 11 is 1.10. The average Bonchev–Trinajstić information content (AvgIpc) is 2.57. The summed E-state index contributed by atoms with van der Waals surface area (Å²) in [5.41, 5.74) is 0.830. The fraction of sp³-hybridized carbons (Fsp3) is 0.444. The van der Waals surface area contributed by atoms with Crippen LogP contribution in [0.2, 0.25) is 0 Å². The number of carboxylic acids is 1. The molecule has 6 nitrogen and oxygen atoms in total. The fourth-order valence-electron chi connectivity index (χ4n) is 1.10. The summed E-state index contributed by atoms with van der Waals surface area (Å²) in [6.07, 6.45) is 1.62. The zero-order valence-corrected chi connectivity index (χ0v) is 9.87. The lowest BCUT2D eigenvalue weighted by molar-refractivity contribution is -0.133. The molecule has 0 atom stereocenters. The highest BCUT2D eigenvalue weighted by molar-refractivity contribution is 7.99. The Morgan fingerprint density at radius 3 is 2.88 bits per heavy atom. The van der Waals surface area contributed by atoms with Gasteiger partial charge in [-0.25, -0.2) is 4.98 Å². The predicted molar refractivity (Wildman–Crippen MR) is 59.4 cm³/mol. The standard InChI is InChI=1S/C9H13N3O3S/c1-6-3-11-9(16-5-8(14)15)12(6)4-7(13)10-2/h3H,4-5H2,1-2H3,(H,10,13)(H,14,15). The number of amides is 1. The third kappa shape index (κ3) is 3.27. The van der Waals surface area contributed by atoms with Crippen LogP contribution < -0.4 is 5.32 Å². The monoisotopic (exact) mass is 243 g/mol. The number of aliphatic carboxylic acids is 1. The van der Waals surface area contributed by atoms with E-state index in [4.69, 9.17) is 5.11 Å². The molecule has 0 aromatic carbocycles. The highest BCUT2D eigenvalue weighted by Crippen LogP contribution is 2.17. The number of imidazole rings is 1. The summed E-state index contributed by atoms with van der Waals surface area (Å²) in [7, 11) is 1.55. The molecular weight excluding hydrogens is 230 g/mol. The van der Waals surface area contributed by atoms with Crippen LogP contribution in [0.15, 0.2) is 11.4 Å². The van der Waals surface area contributed by atoms with E-state index in [1.54, 1.807) is 17.8 Å². The van der Waals surface area contributed by atoms with Crippen molar-refractivity contribution >= 4 is 23.6 Å². The Morgan fingerprint density at radius 2 is 2.31 bits per heavy atom. The van der Waals surface area contributed by atoms with Gasteiger partial charge in [0.25, 0.3) is 0 Å². The van der Waals surface area contributed by atoms with Gasteiger partial charge in [-0.1, -0.05) is 11.8 Å². The molecule has 1 amide bonds. The number of carbonyl (C=O) groups is 2. The summed E-state index contributed by atoms with van der Waals surface area (Å²) in [5, 5.41) is 11.6. The number of hydrogen-bond donors (Lipinski definition) is 2. The number of rotatable bonds is 5. The Morgan fingerprint density at radius 1 is 1.62 bits per heavy atom. The molecule has 0 fully saturated rings. The molecule has 1 heterocycles. The number of likely N-dealkylation sites (N-methyl/N-ethyl adjacent to an activating group) is 1. The number of aromatic nitrogens is 2. The summed E-state index contributed by atoms with van der Waals surface area (Å²) in [5.74, 6) is -1.11. The van der Waals surface area contributed by atoms with Crippen LogP contribution in [0.25, 0.3) is 0 Å². The molecule has 0 radical (unpaired) electrons. The lowest BCUT2D eigenvalue weighted by Gasteiger charge is -2.07. The first-order valence-electron chi connectivity index (χ1n) is 4.62. The van der Waals surface area contributed by atoms with E-state index in [1.807, 2.05) is 6.92 Å². The Balaban J connectivity index is 2.77. The molecule has 0 aliphatic rings. The maximum Gasteiger partial charge on any atom is 0.313 e. The Bertz CT molecular complexity index is 403. The molecule has 2 N–H and O–H groups in total. The largest absolute Gasteiger partial charge is 0.481 e. The van der Waals surface area contributed by atoms with Crippen molar-refractivity contribution in [3.63, 3.8) is 0 Å². The molecule has 16 heavy (non-hydrogen) atoms. The quantitative estimate of drug-likeness (QED) is 0.717. The minimum atomic E-state index is -0.905. The van der Waals surface area contributed by atoms with Crippen LogP contribution in [0, 0.1) is 6.92 Å². The van der Waals surface area contributed by atoms with Gasteiger partial charge in [-0.3, -0.25) is 9.59 Å². The van der Waals surface area contributed by atoms with Crippen LogP contribution >= 0.6 is 11.8 Å². The van der Waals surface area contributed by atoms with E-state index in [0.29, 0.717) is 5.16 Å². The topological polar surface area (TPSA) is 84.2 Å². The number of carbonyl (C=O) groups excluding carboxylic acids is 1. The van der Waals surface area contributed by atoms with Crippen molar-refractivity contribution in [3.05, 3.63) is 11.9 Å². The maximum absolute atomic E-state index is 11.2. The smallest absolute Gasteiger partial charge is 0.313 e. The van der Waals surface area contributed by atoms with E-state index < -0.39 is 5.97 Å². The van der Waals surface area contributed by atoms with Crippen molar-refractivity contribution in [3.8, 4) is 0 Å². The molecule has 0 saturated heterocycles. The Labute approximate surface area is 97.1 Å². The van der Waals surface area contributed by atoms with Gasteiger partial charge in [-0.2, -0.15) is 0 Å². The third-order valence-electron chi connectivity index (χ3n) is 1.92. The molecule has 0 spiro atoms. The number of aryl methyl sites for hydroxylation is 1. The van der Waals surface area contributed by atoms with E-state index in [1.165, 1.54) is 0 Å². The minimum absolute atomic E-state index is 0.0653. The molecule has 0 bridgehead atoms. The van der Waals surface area contributed by atoms with E-state index >= 15 is 0 Å². The fourth-order valence-corrected chi connectivity index (χ4v) is 1.84. The van der Waals surface area contributed by atoms with E-state index in [9.17, 15) is 9.59 Å². The van der Waals surface area contributed by atoms with Gasteiger partial charge in [0.05, 0.1) is 5.75 Å². The highest BCUT2D eigenvalue weighted by atomic mass is 32.2. The van der Waals surface area contributed by atoms with Gasteiger partial charge in [0.2, 0.25) is 5.91 Å². The van der Waals surface area contributed by atoms with Crippen LogP contribution in [0.4, 0.5) is 0 Å². The Hall–Kier alpha value is -1.50. The van der Waals surface area contributed by atoms with E-state index in [2.05, 4.69) is 10.3 Å². The summed E-state index contributed by atoms with van der Waals surface area (Å²) in [4.78, 5) is 25.7. The first-order chi connectivity index (χ1) is 7.54. The van der Waals surface area contributed by atoms with Crippen LogP contribution in [-0.2, 0) is 16.1 Å². The molecule has 1 aromatic rings. The molecule has 7 heteroatoms. The molecule has 0 aliphatic heterocycles. The van der Waals surface area contributed by atoms with Crippen LogP contribution in [0.3, 0.4) is 0 Å². The van der Waals surface area contributed by atoms with Crippen LogP contribution in [-0.4, -0.2) is 39.3 Å². The second-order valence-electron chi connectivity index (χ2n) is 3.12. The summed E-state index contributed by atoms with van der Waals surface area (Å²) in [6.45, 7) is 1.98. The first-order valence-corrected chi connectivity index (χ1v) is 5.60. The lowest BCUT2D eigenvalue weighted by Crippen LogP contribution is -2.24. The van der Waals surface area contributed by atoms with Crippen molar-refractivity contribution in [2.75, 3.05) is 12.8 Å². The molecule has 1 aromatic heterocycles. The summed E-state index contributed by atoms with van der Waals surface area (Å²) < 4.78 is 1.69. The van der Waals surface area contributed by atoms with Gasteiger partial charge in [-0.05, 0) is 6.92 Å². The van der Waals surface area contributed by atoms with Gasteiger partial charge < -0.3 is 15.0 Å². The highest BCUT2D eigenvalue weighted by Gasteiger charge is 2.11. The normalized spacial score (nSPS) is 10.1. The van der Waals surface area contributed by atoms with Gasteiger partial charge in [0.1, 0.15) is 6.54 Å². The molecule has 0 unspecified atom stereocenters. The van der Waals surface area contributed by atoms with Gasteiger partial charge in [0.15, 0.2) is 5.16 Å². The van der Waals surface area contributed by atoms with E-state index in [0.717, 1.165) is 17.5 Å². The molecule has 88 valence electrons. The van der Waals surface area contributed by atoms with Crippen molar-refractivity contribution < 1.29 is 14.7 Å². The van der Waals surface area contributed by atoms with Crippen molar-refractivity contribution in [2.24, 2.45) is 0 Å². The number of nitrogens with one attached hydrogen (secondary N) is 1. The van der Waals surface area contributed by atoms with Crippen molar-refractivity contribution in [1.29, 1.82) is 0 Å². The van der Waals surface area contributed by atoms with Crippen molar-refractivity contribution in [2.45, 2.75) is 18.6 Å². The zero-order valence-electron chi connectivity index (χ0n) is 9.06. The summed E-state index contributed by atoms with van der Waals surface area (Å²) in [6, 6.07) is 0. The average molecular weight is 243 g/mol. The molecule has 1 rings (SSSR count). The third-order valence-corrected chi connectivity index (χ3v) is 2.90. The van der Waals surface area contributed by atoms with Gasteiger partial charge in [-0.15, -0.1) is 0 Å². The molecule has 0 aliphatic carbocycles. The minimum Gasteiger partial charge on any atom is -0.481 e. The number of carboxylic acid groups (broad SMARTS) is 1. The SMILES string of the molecule is CNC(=O)Cn1c(C)cnc1SCC(=O)O. The second-order valence-corrected chi connectivity index (χ2v) is 4.07. The van der Waals surface area contributed by atoms with E-state index in [-0.39, 0.29) is 18.2 Å². The number of hydrogen-bond acceptors (Lipinski definition) is 4. The molecule has 0 saturated carbocycles. The van der Waals surface area contributed by atoms with Gasteiger partial charge >= 0.3 is 5.97 Å². The predicted octanol–water partition coefficient (Wildman–Crippen LogP) is 0.114. The second kappa shape index (κ2) is 5.55. The number of nitrogens with zero attached hydrogens (tertiary/aromatic N) is 2.